The summed E-state index contributed by atoms with van der Waals surface area (Å²) in [5.74, 6) is -4.27. The van der Waals surface area contributed by atoms with Crippen molar-refractivity contribution < 1.29 is 21.7 Å². The Morgan fingerprint density at radius 1 is 1.27 bits per heavy atom. The second kappa shape index (κ2) is 6.16. The zero-order valence-corrected chi connectivity index (χ0v) is 13.2. The minimum atomic E-state index is -3.45. The van der Waals surface area contributed by atoms with Crippen LogP contribution in [0.25, 0.3) is 0 Å². The smallest absolute Gasteiger partial charge is 0.304 e. The molecule has 1 heterocycles. The molecule has 0 saturated heterocycles. The Morgan fingerprint density at radius 3 is 2.55 bits per heavy atom. The van der Waals surface area contributed by atoms with E-state index in [9.17, 15) is 17.2 Å². The molecule has 0 aliphatic carbocycles. The molecule has 120 valence electrons. The fourth-order valence-corrected chi connectivity index (χ4v) is 3.30. The van der Waals surface area contributed by atoms with E-state index in [4.69, 9.17) is 0 Å². The number of aromatic nitrogens is 1. The molecule has 1 aromatic carbocycles. The fourth-order valence-electron chi connectivity index (χ4n) is 2.04. The first-order chi connectivity index (χ1) is 10.2. The van der Waals surface area contributed by atoms with Gasteiger partial charge in [0.15, 0.2) is 9.84 Å². The number of alkyl halides is 2. The fraction of sp³-hybridized carbons (Fsp3) is 0.400. The zero-order valence-electron chi connectivity index (χ0n) is 12.3. The first kappa shape index (κ1) is 16.6. The van der Waals surface area contributed by atoms with Crippen LogP contribution in [-0.4, -0.2) is 19.3 Å². The van der Waals surface area contributed by atoms with E-state index >= 15 is 0 Å². The van der Waals surface area contributed by atoms with Crippen molar-refractivity contribution in [2.45, 2.75) is 31.9 Å². The summed E-state index contributed by atoms with van der Waals surface area (Å²) in [5, 5.41) is 3.41. The maximum Gasteiger partial charge on any atom is 0.304 e. The summed E-state index contributed by atoms with van der Waals surface area (Å²) in [6.45, 7) is 2.58. The van der Waals surface area contributed by atoms with Crippen molar-refractivity contribution in [2.24, 2.45) is 0 Å². The molecule has 0 aliphatic heterocycles. The summed E-state index contributed by atoms with van der Waals surface area (Å²) in [6, 6.07) is 8.51. The van der Waals surface area contributed by atoms with Crippen LogP contribution in [-0.2, 0) is 27.9 Å². The van der Waals surface area contributed by atoms with E-state index in [1.807, 2.05) is 31.2 Å². The molecule has 0 saturated carbocycles. The van der Waals surface area contributed by atoms with Crippen LogP contribution in [0, 0.1) is 6.92 Å². The lowest BCUT2D eigenvalue weighted by molar-refractivity contribution is -0.0105. The van der Waals surface area contributed by atoms with Crippen molar-refractivity contribution in [1.29, 1.82) is 0 Å². The normalized spacial score (nSPS) is 12.5. The summed E-state index contributed by atoms with van der Waals surface area (Å²) in [7, 11) is -3.45. The van der Waals surface area contributed by atoms with Gasteiger partial charge in [-0.3, -0.25) is 0 Å². The van der Waals surface area contributed by atoms with Crippen LogP contribution in [0.5, 0.6) is 0 Å². The first-order valence-electron chi connectivity index (χ1n) is 6.76. The third kappa shape index (κ3) is 4.37. The van der Waals surface area contributed by atoms with Crippen molar-refractivity contribution in [3.05, 3.63) is 52.9 Å². The average Bonchev–Trinajstić information content (AvgIpc) is 2.85. The number of rotatable bonds is 6. The van der Waals surface area contributed by atoms with Gasteiger partial charge < -0.3 is 4.52 Å². The lowest BCUT2D eigenvalue weighted by Gasteiger charge is -2.05. The van der Waals surface area contributed by atoms with Crippen molar-refractivity contribution in [2.75, 3.05) is 5.75 Å². The summed E-state index contributed by atoms with van der Waals surface area (Å²) in [5.41, 5.74) is 1.97. The van der Waals surface area contributed by atoms with Crippen LogP contribution >= 0.6 is 0 Å². The quantitative estimate of drug-likeness (QED) is 0.816. The molecule has 0 fully saturated rings. The van der Waals surface area contributed by atoms with E-state index in [2.05, 4.69) is 9.68 Å². The number of hydrogen-bond donors (Lipinski definition) is 0. The Hall–Kier alpha value is -1.76. The highest BCUT2D eigenvalue weighted by Crippen LogP contribution is 2.27. The molecule has 7 heteroatoms. The van der Waals surface area contributed by atoms with E-state index in [-0.39, 0.29) is 11.4 Å². The van der Waals surface area contributed by atoms with Gasteiger partial charge in [-0.25, -0.2) is 8.42 Å². The Bertz CT molecular complexity index is 748. The molecule has 22 heavy (non-hydrogen) atoms. The number of sulfone groups is 1. The molecule has 0 N–H and O–H groups in total. The van der Waals surface area contributed by atoms with Gasteiger partial charge in [0, 0.05) is 13.0 Å². The Kier molecular flexibility index (Phi) is 4.65. The van der Waals surface area contributed by atoms with Crippen LogP contribution < -0.4 is 0 Å². The standard InChI is InChI=1S/C15H17F2NO3S/c1-11-5-3-4-6-12(11)7-8-22(19,20)10-13-9-14(21-18-13)15(2,16)17/h3-6,9H,7-8,10H2,1-2H3. The summed E-state index contributed by atoms with van der Waals surface area (Å²) in [6.07, 6.45) is 0.379. The first-order valence-corrected chi connectivity index (χ1v) is 8.58. The maximum absolute atomic E-state index is 13.0. The highest BCUT2D eigenvalue weighted by Gasteiger charge is 2.30. The topological polar surface area (TPSA) is 60.2 Å². The van der Waals surface area contributed by atoms with E-state index < -0.39 is 27.3 Å². The molecule has 2 aromatic rings. The van der Waals surface area contributed by atoms with Crippen LogP contribution in [0.15, 0.2) is 34.9 Å². The lowest BCUT2D eigenvalue weighted by atomic mass is 10.1. The molecular weight excluding hydrogens is 312 g/mol. The van der Waals surface area contributed by atoms with Crippen LogP contribution in [0.1, 0.15) is 29.5 Å². The van der Waals surface area contributed by atoms with Gasteiger partial charge in [0.25, 0.3) is 0 Å². The van der Waals surface area contributed by atoms with E-state index in [0.29, 0.717) is 13.3 Å². The van der Waals surface area contributed by atoms with Crippen molar-refractivity contribution >= 4 is 9.84 Å². The molecule has 0 bridgehead atoms. The van der Waals surface area contributed by atoms with Crippen LogP contribution in [0.2, 0.25) is 0 Å². The third-order valence-electron chi connectivity index (χ3n) is 3.30. The van der Waals surface area contributed by atoms with Crippen molar-refractivity contribution in [3.8, 4) is 0 Å². The van der Waals surface area contributed by atoms with E-state index in [1.165, 1.54) is 0 Å². The molecule has 0 radical (unpaired) electrons. The Morgan fingerprint density at radius 2 is 1.95 bits per heavy atom. The van der Waals surface area contributed by atoms with Gasteiger partial charge in [-0.15, -0.1) is 0 Å². The summed E-state index contributed by atoms with van der Waals surface area (Å²) >= 11 is 0. The summed E-state index contributed by atoms with van der Waals surface area (Å²) < 4.78 is 54.7. The maximum atomic E-state index is 13.0. The molecule has 0 spiro atoms. The highest BCUT2D eigenvalue weighted by atomic mass is 32.2. The molecule has 4 nitrogen and oxygen atoms in total. The molecule has 2 rings (SSSR count). The zero-order chi connectivity index (χ0) is 16.4. The van der Waals surface area contributed by atoms with Crippen molar-refractivity contribution in [3.63, 3.8) is 0 Å². The molecule has 1 aromatic heterocycles. The van der Waals surface area contributed by atoms with E-state index in [0.717, 1.165) is 17.2 Å². The third-order valence-corrected chi connectivity index (χ3v) is 4.86. The second-order valence-corrected chi connectivity index (χ2v) is 7.52. The molecule has 0 atom stereocenters. The van der Waals surface area contributed by atoms with Gasteiger partial charge in [-0.05, 0) is 24.5 Å². The predicted molar refractivity (Wildman–Crippen MR) is 78.4 cm³/mol. The van der Waals surface area contributed by atoms with E-state index in [1.54, 1.807) is 0 Å². The number of hydrogen-bond acceptors (Lipinski definition) is 4. The minimum Gasteiger partial charge on any atom is -0.355 e. The van der Waals surface area contributed by atoms with Gasteiger partial charge in [-0.1, -0.05) is 29.4 Å². The van der Waals surface area contributed by atoms with Crippen LogP contribution in [0.3, 0.4) is 0 Å². The predicted octanol–water partition coefficient (Wildman–Crippen LogP) is 3.25. The van der Waals surface area contributed by atoms with Gasteiger partial charge >= 0.3 is 5.92 Å². The largest absolute Gasteiger partial charge is 0.355 e. The number of aryl methyl sites for hydroxylation is 2. The highest BCUT2D eigenvalue weighted by molar-refractivity contribution is 7.90. The minimum absolute atomic E-state index is 0.00121. The van der Waals surface area contributed by atoms with Gasteiger partial charge in [-0.2, -0.15) is 8.78 Å². The molecule has 0 aliphatic rings. The average molecular weight is 329 g/mol. The van der Waals surface area contributed by atoms with Crippen LogP contribution in [0.4, 0.5) is 8.78 Å². The molecule has 0 unspecified atom stereocenters. The lowest BCUT2D eigenvalue weighted by Crippen LogP contribution is -2.12. The Balaban J connectivity index is 2.02. The van der Waals surface area contributed by atoms with Crippen molar-refractivity contribution in [1.82, 2.24) is 5.16 Å². The van der Waals surface area contributed by atoms with Gasteiger partial charge in [0.2, 0.25) is 5.76 Å². The number of nitrogens with zero attached hydrogens (tertiary/aromatic N) is 1. The SMILES string of the molecule is Cc1ccccc1CCS(=O)(=O)Cc1cc(C(C)(F)F)on1. The van der Waals surface area contributed by atoms with Gasteiger partial charge in [0.1, 0.15) is 0 Å². The Labute approximate surface area is 128 Å². The molecule has 0 amide bonds. The second-order valence-electron chi connectivity index (χ2n) is 5.34. The molecular formula is C15H17F2NO3S. The number of benzene rings is 1. The monoisotopic (exact) mass is 329 g/mol. The number of halogens is 2. The van der Waals surface area contributed by atoms with Gasteiger partial charge in [0.05, 0.1) is 17.2 Å². The summed E-state index contributed by atoms with van der Waals surface area (Å²) in [4.78, 5) is 0.